The Morgan fingerprint density at radius 3 is 3.30 bits per heavy atom. The van der Waals surface area contributed by atoms with Gasteiger partial charge in [0, 0.05) is 36.7 Å². The molecule has 0 unspecified atom stereocenters. The Balaban J connectivity index is 1.83. The second kappa shape index (κ2) is 8.32. The van der Waals surface area contributed by atoms with Gasteiger partial charge in [0.05, 0.1) is 0 Å². The zero-order chi connectivity index (χ0) is 14.2. The molecular formula is C14H24N4OS. The third-order valence-corrected chi connectivity index (χ3v) is 4.43. The minimum Gasteiger partial charge on any atom is -0.354 e. The lowest BCUT2D eigenvalue weighted by molar-refractivity contribution is -0.121. The average molecular weight is 296 g/mol. The molecule has 1 aromatic rings. The topological polar surface area (TPSA) is 59.0 Å². The van der Waals surface area contributed by atoms with Crippen LogP contribution in [0.5, 0.6) is 0 Å². The molecule has 2 rings (SSSR count). The fraction of sp³-hybridized carbons (Fsp3) is 0.714. The summed E-state index contributed by atoms with van der Waals surface area (Å²) in [6.45, 7) is 5.27. The van der Waals surface area contributed by atoms with Gasteiger partial charge in [-0.1, -0.05) is 6.92 Å². The van der Waals surface area contributed by atoms with Crippen molar-refractivity contribution in [3.8, 4) is 0 Å². The van der Waals surface area contributed by atoms with Gasteiger partial charge in [0.2, 0.25) is 5.91 Å². The molecule has 1 fully saturated rings. The summed E-state index contributed by atoms with van der Waals surface area (Å²) in [4.78, 5) is 11.9. The molecule has 20 heavy (non-hydrogen) atoms. The van der Waals surface area contributed by atoms with E-state index in [-0.39, 0.29) is 5.91 Å². The third-order valence-electron chi connectivity index (χ3n) is 3.53. The van der Waals surface area contributed by atoms with Crippen LogP contribution in [0.25, 0.3) is 0 Å². The summed E-state index contributed by atoms with van der Waals surface area (Å²) >= 11 is 1.84. The number of carbonyl (C=O) groups excluding carboxylic acids is 1. The highest BCUT2D eigenvalue weighted by Crippen LogP contribution is 2.22. The van der Waals surface area contributed by atoms with Crippen molar-refractivity contribution in [2.24, 2.45) is 0 Å². The molecular weight excluding hydrogens is 272 g/mol. The number of hydrogen-bond acceptors (Lipinski definition) is 4. The van der Waals surface area contributed by atoms with Gasteiger partial charge in [-0.05, 0) is 31.2 Å². The summed E-state index contributed by atoms with van der Waals surface area (Å²) in [6.07, 6.45) is 4.16. The van der Waals surface area contributed by atoms with Gasteiger partial charge in [0.15, 0.2) is 0 Å². The van der Waals surface area contributed by atoms with Crippen LogP contribution in [0.2, 0.25) is 0 Å². The van der Waals surface area contributed by atoms with Gasteiger partial charge in [0.1, 0.15) is 6.54 Å². The predicted octanol–water partition coefficient (Wildman–Crippen LogP) is 1.22. The van der Waals surface area contributed by atoms with E-state index >= 15 is 0 Å². The van der Waals surface area contributed by atoms with Crippen molar-refractivity contribution in [1.29, 1.82) is 0 Å². The van der Waals surface area contributed by atoms with E-state index in [1.165, 1.54) is 18.5 Å². The maximum atomic E-state index is 11.9. The highest BCUT2D eigenvalue weighted by atomic mass is 32.2. The van der Waals surface area contributed by atoms with Crippen molar-refractivity contribution in [2.75, 3.05) is 31.1 Å². The molecule has 0 aromatic carbocycles. The van der Waals surface area contributed by atoms with Gasteiger partial charge in [-0.2, -0.15) is 16.9 Å². The van der Waals surface area contributed by atoms with Crippen LogP contribution in [0.1, 0.15) is 31.4 Å². The van der Waals surface area contributed by atoms with Crippen molar-refractivity contribution < 1.29 is 4.79 Å². The van der Waals surface area contributed by atoms with Crippen LogP contribution in [-0.4, -0.2) is 46.8 Å². The number of thioether (sulfide) groups is 1. The van der Waals surface area contributed by atoms with E-state index < -0.39 is 0 Å². The maximum Gasteiger partial charge on any atom is 0.241 e. The lowest BCUT2D eigenvalue weighted by atomic mass is 9.96. The lowest BCUT2D eigenvalue weighted by Gasteiger charge is -2.23. The zero-order valence-electron chi connectivity index (χ0n) is 12.1. The number of piperidine rings is 1. The Kier molecular flexibility index (Phi) is 6.39. The summed E-state index contributed by atoms with van der Waals surface area (Å²) in [7, 11) is 0. The van der Waals surface area contributed by atoms with E-state index in [4.69, 9.17) is 0 Å². The van der Waals surface area contributed by atoms with Crippen LogP contribution < -0.4 is 10.6 Å². The Morgan fingerprint density at radius 1 is 1.65 bits per heavy atom. The number of nitrogens with zero attached hydrogens (tertiary/aromatic N) is 2. The predicted molar refractivity (Wildman–Crippen MR) is 83.1 cm³/mol. The second-order valence-corrected chi connectivity index (χ2v) is 6.40. The minimum atomic E-state index is 0.0513. The quantitative estimate of drug-likeness (QED) is 0.743. The molecule has 1 aliphatic heterocycles. The molecule has 2 heterocycles. The molecule has 0 radical (unpaired) electrons. The Labute approximate surface area is 124 Å². The third kappa shape index (κ3) is 4.52. The van der Waals surface area contributed by atoms with Crippen molar-refractivity contribution in [2.45, 2.75) is 32.2 Å². The summed E-state index contributed by atoms with van der Waals surface area (Å²) in [5.41, 5.74) is 1.18. The SMILES string of the molecule is CCSCCNC(=O)Cn1nccc1[C@H]1CCCNC1. The van der Waals surface area contributed by atoms with Gasteiger partial charge < -0.3 is 10.6 Å². The first-order valence-corrected chi connectivity index (χ1v) is 8.53. The molecule has 0 saturated carbocycles. The van der Waals surface area contributed by atoms with E-state index in [2.05, 4.69) is 22.7 Å². The minimum absolute atomic E-state index is 0.0513. The van der Waals surface area contributed by atoms with E-state index in [0.29, 0.717) is 12.5 Å². The van der Waals surface area contributed by atoms with Crippen molar-refractivity contribution >= 4 is 17.7 Å². The Bertz CT molecular complexity index is 415. The number of amides is 1. The lowest BCUT2D eigenvalue weighted by Crippen LogP contribution is -2.33. The first-order valence-electron chi connectivity index (χ1n) is 7.38. The molecule has 2 N–H and O–H groups in total. The molecule has 112 valence electrons. The normalized spacial score (nSPS) is 18.9. The zero-order valence-corrected chi connectivity index (χ0v) is 12.9. The van der Waals surface area contributed by atoms with E-state index in [0.717, 1.165) is 31.1 Å². The molecule has 1 amide bonds. The highest BCUT2D eigenvalue weighted by molar-refractivity contribution is 7.99. The fourth-order valence-electron chi connectivity index (χ4n) is 2.52. The van der Waals surface area contributed by atoms with E-state index in [1.54, 1.807) is 6.20 Å². The van der Waals surface area contributed by atoms with Crippen molar-refractivity contribution in [3.63, 3.8) is 0 Å². The first-order chi connectivity index (χ1) is 9.81. The monoisotopic (exact) mass is 296 g/mol. The van der Waals surface area contributed by atoms with Crippen molar-refractivity contribution in [1.82, 2.24) is 20.4 Å². The molecule has 1 aliphatic rings. The Morgan fingerprint density at radius 2 is 2.55 bits per heavy atom. The Hall–Kier alpha value is -1.01. The number of hydrogen-bond donors (Lipinski definition) is 2. The number of rotatable bonds is 7. The van der Waals surface area contributed by atoms with Crippen LogP contribution >= 0.6 is 11.8 Å². The smallest absolute Gasteiger partial charge is 0.241 e. The standard InChI is InChI=1S/C14H24N4OS/c1-2-20-9-8-16-14(19)11-18-13(5-7-17-18)12-4-3-6-15-10-12/h5,7,12,15H,2-4,6,8-11H2,1H3,(H,16,19)/t12-/m0/s1. The molecule has 0 bridgehead atoms. The molecule has 6 heteroatoms. The van der Waals surface area contributed by atoms with Gasteiger partial charge >= 0.3 is 0 Å². The van der Waals surface area contributed by atoms with Crippen LogP contribution in [0.4, 0.5) is 0 Å². The van der Waals surface area contributed by atoms with Crippen LogP contribution in [0.15, 0.2) is 12.3 Å². The van der Waals surface area contributed by atoms with Crippen LogP contribution in [0.3, 0.4) is 0 Å². The maximum absolute atomic E-state index is 11.9. The summed E-state index contributed by atoms with van der Waals surface area (Å²) in [5.74, 6) is 2.60. The van der Waals surface area contributed by atoms with Crippen LogP contribution in [0, 0.1) is 0 Å². The van der Waals surface area contributed by atoms with Gasteiger partial charge in [-0.3, -0.25) is 9.48 Å². The second-order valence-electron chi connectivity index (χ2n) is 5.00. The molecule has 1 saturated heterocycles. The van der Waals surface area contributed by atoms with Gasteiger partial charge in [0.25, 0.3) is 0 Å². The molecule has 0 spiro atoms. The van der Waals surface area contributed by atoms with E-state index in [1.807, 2.05) is 22.5 Å². The van der Waals surface area contributed by atoms with E-state index in [9.17, 15) is 4.79 Å². The summed E-state index contributed by atoms with van der Waals surface area (Å²) in [5, 5.41) is 10.7. The summed E-state index contributed by atoms with van der Waals surface area (Å²) in [6, 6.07) is 2.04. The molecule has 1 atom stereocenters. The molecule has 0 aliphatic carbocycles. The molecule has 5 nitrogen and oxygen atoms in total. The average Bonchev–Trinajstić information content (AvgIpc) is 2.92. The number of aromatic nitrogens is 2. The van der Waals surface area contributed by atoms with Crippen LogP contribution in [-0.2, 0) is 11.3 Å². The van der Waals surface area contributed by atoms with Gasteiger partial charge in [-0.25, -0.2) is 0 Å². The molecule has 1 aromatic heterocycles. The highest BCUT2D eigenvalue weighted by Gasteiger charge is 2.19. The van der Waals surface area contributed by atoms with Gasteiger partial charge in [-0.15, -0.1) is 0 Å². The largest absolute Gasteiger partial charge is 0.354 e. The number of nitrogens with one attached hydrogen (secondary N) is 2. The fourth-order valence-corrected chi connectivity index (χ4v) is 3.06. The number of carbonyl (C=O) groups is 1. The first kappa shape index (κ1) is 15.4. The summed E-state index contributed by atoms with van der Waals surface area (Å²) < 4.78 is 1.85. The van der Waals surface area contributed by atoms with Crippen molar-refractivity contribution in [3.05, 3.63) is 18.0 Å².